The molecule has 1 aliphatic heterocycles. The van der Waals surface area contributed by atoms with Gasteiger partial charge in [-0.3, -0.25) is 9.89 Å². The molecule has 26 heavy (non-hydrogen) atoms. The SMILES string of the molecule is CCNC(=NCCCN1CCOCC1)NCCc1c[nH]c2ccccc12. The number of H-pyrrole nitrogens is 1. The molecule has 142 valence electrons. The summed E-state index contributed by atoms with van der Waals surface area (Å²) >= 11 is 0. The van der Waals surface area contributed by atoms with Crippen LogP contribution in [-0.2, 0) is 11.2 Å². The van der Waals surface area contributed by atoms with E-state index in [-0.39, 0.29) is 0 Å². The molecule has 2 aromatic rings. The normalized spacial score (nSPS) is 16.1. The molecule has 3 rings (SSSR count). The Morgan fingerprint density at radius 2 is 2.08 bits per heavy atom. The van der Waals surface area contributed by atoms with Crippen LogP contribution < -0.4 is 10.6 Å². The van der Waals surface area contributed by atoms with Crippen molar-refractivity contribution in [2.24, 2.45) is 4.99 Å². The number of fused-ring (bicyclic) bond motifs is 1. The van der Waals surface area contributed by atoms with Crippen molar-refractivity contribution in [3.05, 3.63) is 36.0 Å². The van der Waals surface area contributed by atoms with Crippen molar-refractivity contribution in [1.82, 2.24) is 20.5 Å². The second kappa shape index (κ2) is 10.2. The number of benzene rings is 1. The fraction of sp³-hybridized carbons (Fsp3) is 0.550. The fourth-order valence-electron chi connectivity index (χ4n) is 3.31. The van der Waals surface area contributed by atoms with E-state index >= 15 is 0 Å². The maximum absolute atomic E-state index is 5.39. The van der Waals surface area contributed by atoms with Gasteiger partial charge in [0, 0.05) is 56.4 Å². The van der Waals surface area contributed by atoms with Crippen LogP contribution in [0, 0.1) is 0 Å². The molecular weight excluding hydrogens is 326 g/mol. The smallest absolute Gasteiger partial charge is 0.191 e. The Bertz CT molecular complexity index is 690. The van der Waals surface area contributed by atoms with Gasteiger partial charge >= 0.3 is 0 Å². The summed E-state index contributed by atoms with van der Waals surface area (Å²) in [5.41, 5.74) is 2.54. The van der Waals surface area contributed by atoms with Gasteiger partial charge < -0.3 is 20.4 Å². The van der Waals surface area contributed by atoms with E-state index in [1.807, 2.05) is 0 Å². The summed E-state index contributed by atoms with van der Waals surface area (Å²) in [6.07, 6.45) is 4.17. The van der Waals surface area contributed by atoms with Crippen LogP contribution >= 0.6 is 0 Å². The Kier molecular flexibility index (Phi) is 7.34. The Balaban J connectivity index is 1.42. The first-order valence-electron chi connectivity index (χ1n) is 9.74. The lowest BCUT2D eigenvalue weighted by Crippen LogP contribution is -2.39. The summed E-state index contributed by atoms with van der Waals surface area (Å²) in [4.78, 5) is 10.5. The fourth-order valence-corrected chi connectivity index (χ4v) is 3.31. The van der Waals surface area contributed by atoms with E-state index < -0.39 is 0 Å². The highest BCUT2D eigenvalue weighted by molar-refractivity contribution is 5.83. The minimum atomic E-state index is 0.847. The van der Waals surface area contributed by atoms with Crippen LogP contribution in [0.25, 0.3) is 10.9 Å². The van der Waals surface area contributed by atoms with E-state index in [2.05, 4.69) is 57.9 Å². The maximum Gasteiger partial charge on any atom is 0.191 e. The highest BCUT2D eigenvalue weighted by atomic mass is 16.5. The first-order valence-corrected chi connectivity index (χ1v) is 9.74. The number of rotatable bonds is 8. The number of aromatic amines is 1. The second-order valence-corrected chi connectivity index (χ2v) is 6.60. The van der Waals surface area contributed by atoms with Crippen molar-refractivity contribution < 1.29 is 4.74 Å². The van der Waals surface area contributed by atoms with E-state index in [4.69, 9.17) is 9.73 Å². The molecule has 1 fully saturated rings. The van der Waals surface area contributed by atoms with E-state index in [0.717, 1.165) is 71.3 Å². The molecule has 1 aromatic heterocycles. The van der Waals surface area contributed by atoms with Crippen LogP contribution in [0.3, 0.4) is 0 Å². The van der Waals surface area contributed by atoms with Gasteiger partial charge in [-0.2, -0.15) is 0 Å². The van der Waals surface area contributed by atoms with Crippen LogP contribution in [0.4, 0.5) is 0 Å². The minimum Gasteiger partial charge on any atom is -0.379 e. The van der Waals surface area contributed by atoms with Gasteiger partial charge in [-0.1, -0.05) is 18.2 Å². The molecule has 6 nitrogen and oxygen atoms in total. The third-order valence-electron chi connectivity index (χ3n) is 4.71. The summed E-state index contributed by atoms with van der Waals surface area (Å²) in [6.45, 7) is 9.62. The quantitative estimate of drug-likeness (QED) is 0.384. The van der Waals surface area contributed by atoms with Crippen molar-refractivity contribution in [1.29, 1.82) is 0 Å². The molecule has 0 unspecified atom stereocenters. The van der Waals surface area contributed by atoms with Crippen LogP contribution in [-0.4, -0.2) is 68.3 Å². The summed E-state index contributed by atoms with van der Waals surface area (Å²) in [5.74, 6) is 0.911. The van der Waals surface area contributed by atoms with Crippen molar-refractivity contribution in [3.8, 4) is 0 Å². The summed E-state index contributed by atoms with van der Waals surface area (Å²) in [5, 5.41) is 8.10. The first kappa shape index (κ1) is 18.7. The van der Waals surface area contributed by atoms with Crippen molar-refractivity contribution >= 4 is 16.9 Å². The van der Waals surface area contributed by atoms with Crippen molar-refractivity contribution in [2.75, 3.05) is 52.5 Å². The van der Waals surface area contributed by atoms with Crippen LogP contribution in [0.15, 0.2) is 35.5 Å². The third kappa shape index (κ3) is 5.47. The number of hydrogen-bond acceptors (Lipinski definition) is 3. The standard InChI is InChI=1S/C20H31N5O/c1-2-21-20(22-9-5-11-25-12-14-26-15-13-25)23-10-8-17-16-24-19-7-4-3-6-18(17)19/h3-4,6-7,16,24H,2,5,8-15H2,1H3,(H2,21,22,23). The lowest BCUT2D eigenvalue weighted by Gasteiger charge is -2.26. The number of hydrogen-bond donors (Lipinski definition) is 3. The number of guanidine groups is 1. The molecule has 0 radical (unpaired) electrons. The Morgan fingerprint density at radius 3 is 2.92 bits per heavy atom. The van der Waals surface area contributed by atoms with Gasteiger partial charge in [0.2, 0.25) is 0 Å². The topological polar surface area (TPSA) is 64.7 Å². The average Bonchev–Trinajstić information content (AvgIpc) is 3.09. The van der Waals surface area contributed by atoms with Crippen LogP contribution in [0.5, 0.6) is 0 Å². The van der Waals surface area contributed by atoms with Gasteiger partial charge in [-0.05, 0) is 31.4 Å². The largest absolute Gasteiger partial charge is 0.379 e. The summed E-state index contributed by atoms with van der Waals surface area (Å²) in [7, 11) is 0. The summed E-state index contributed by atoms with van der Waals surface area (Å²) < 4.78 is 5.39. The van der Waals surface area contributed by atoms with Gasteiger partial charge in [0.25, 0.3) is 0 Å². The number of aromatic nitrogens is 1. The lowest BCUT2D eigenvalue weighted by atomic mass is 10.1. The molecule has 0 aliphatic carbocycles. The molecule has 3 N–H and O–H groups in total. The van der Waals surface area contributed by atoms with E-state index in [9.17, 15) is 0 Å². The van der Waals surface area contributed by atoms with E-state index in [0.29, 0.717) is 0 Å². The molecule has 6 heteroatoms. The predicted molar refractivity (Wildman–Crippen MR) is 108 cm³/mol. The zero-order valence-corrected chi connectivity index (χ0v) is 15.8. The molecule has 1 aliphatic rings. The Labute approximate surface area is 156 Å². The van der Waals surface area contributed by atoms with Gasteiger partial charge in [-0.25, -0.2) is 0 Å². The van der Waals surface area contributed by atoms with Gasteiger partial charge in [0.05, 0.1) is 13.2 Å². The highest BCUT2D eigenvalue weighted by Gasteiger charge is 2.09. The maximum atomic E-state index is 5.39. The van der Waals surface area contributed by atoms with Gasteiger partial charge in [0.15, 0.2) is 5.96 Å². The number of aliphatic imine (C=N–C) groups is 1. The zero-order valence-electron chi connectivity index (χ0n) is 15.8. The Hall–Kier alpha value is -2.05. The summed E-state index contributed by atoms with van der Waals surface area (Å²) in [6, 6.07) is 8.44. The lowest BCUT2D eigenvalue weighted by molar-refractivity contribution is 0.0377. The molecule has 0 atom stereocenters. The van der Waals surface area contributed by atoms with Crippen LogP contribution in [0.1, 0.15) is 18.9 Å². The van der Waals surface area contributed by atoms with Crippen LogP contribution in [0.2, 0.25) is 0 Å². The number of nitrogens with zero attached hydrogens (tertiary/aromatic N) is 2. The van der Waals surface area contributed by atoms with Crippen molar-refractivity contribution in [3.63, 3.8) is 0 Å². The predicted octanol–water partition coefficient (Wildman–Crippen LogP) is 1.99. The average molecular weight is 358 g/mol. The molecule has 1 saturated heterocycles. The number of ether oxygens (including phenoxy) is 1. The first-order chi connectivity index (χ1) is 12.9. The molecule has 0 saturated carbocycles. The van der Waals surface area contributed by atoms with E-state index in [1.165, 1.54) is 16.5 Å². The van der Waals surface area contributed by atoms with Crippen molar-refractivity contribution in [2.45, 2.75) is 19.8 Å². The molecule has 1 aromatic carbocycles. The molecular formula is C20H31N5O. The molecule has 0 bridgehead atoms. The minimum absolute atomic E-state index is 0.847. The number of morpholine rings is 1. The third-order valence-corrected chi connectivity index (χ3v) is 4.71. The second-order valence-electron chi connectivity index (χ2n) is 6.60. The van der Waals surface area contributed by atoms with Gasteiger partial charge in [-0.15, -0.1) is 0 Å². The monoisotopic (exact) mass is 357 g/mol. The van der Waals surface area contributed by atoms with E-state index in [1.54, 1.807) is 0 Å². The molecule has 0 spiro atoms. The van der Waals surface area contributed by atoms with Gasteiger partial charge in [0.1, 0.15) is 0 Å². The number of nitrogens with one attached hydrogen (secondary N) is 3. The molecule has 2 heterocycles. The molecule has 0 amide bonds. The Morgan fingerprint density at radius 1 is 1.23 bits per heavy atom. The highest BCUT2D eigenvalue weighted by Crippen LogP contribution is 2.17. The number of para-hydroxylation sites is 1. The zero-order chi connectivity index (χ0) is 18.0.